The lowest BCUT2D eigenvalue weighted by atomic mass is 10.1. The fourth-order valence-electron chi connectivity index (χ4n) is 1.04. The number of hydrogen-bond acceptors (Lipinski definition) is 2. The number of hydrogen-bond donors (Lipinski definition) is 1. The van der Waals surface area contributed by atoms with Gasteiger partial charge in [-0.25, -0.2) is 0 Å². The Labute approximate surface area is 74.3 Å². The van der Waals surface area contributed by atoms with Gasteiger partial charge < -0.3 is 5.11 Å². The smallest absolute Gasteiger partial charge is 0.136 e. The van der Waals surface area contributed by atoms with Crippen LogP contribution in [0.3, 0.4) is 0 Å². The summed E-state index contributed by atoms with van der Waals surface area (Å²) in [5.74, 6) is 0.219. The Morgan fingerprint density at radius 1 is 1.33 bits per heavy atom. The first-order valence-electron chi connectivity index (χ1n) is 4.62. The number of aliphatic hydroxyl groups is 1. The second-order valence-electron chi connectivity index (χ2n) is 2.94. The number of aliphatic hydroxyl groups excluding tert-OH is 1. The number of ketones is 1. The summed E-state index contributed by atoms with van der Waals surface area (Å²) in [6.45, 7) is 2.15. The quantitative estimate of drug-likeness (QED) is 0.471. The van der Waals surface area contributed by atoms with Crippen molar-refractivity contribution in [3.05, 3.63) is 12.3 Å². The molecule has 70 valence electrons. The van der Waals surface area contributed by atoms with E-state index in [4.69, 9.17) is 5.11 Å². The molecule has 0 bridgehead atoms. The maximum Gasteiger partial charge on any atom is 0.136 e. The molecule has 0 heterocycles. The Morgan fingerprint density at radius 2 is 2.08 bits per heavy atom. The molecule has 0 aliphatic carbocycles. The first-order valence-corrected chi connectivity index (χ1v) is 4.62. The van der Waals surface area contributed by atoms with Gasteiger partial charge >= 0.3 is 0 Å². The number of allylic oxidation sites excluding steroid dienone is 1. The summed E-state index contributed by atoms with van der Waals surface area (Å²) in [4.78, 5) is 11.0. The largest absolute Gasteiger partial charge is 0.516 e. The van der Waals surface area contributed by atoms with E-state index < -0.39 is 0 Å². The van der Waals surface area contributed by atoms with Gasteiger partial charge in [0.05, 0.1) is 6.26 Å². The van der Waals surface area contributed by atoms with Crippen LogP contribution < -0.4 is 0 Å². The lowest BCUT2D eigenvalue weighted by Crippen LogP contribution is -1.94. The van der Waals surface area contributed by atoms with Crippen molar-refractivity contribution >= 4 is 5.78 Å². The molecule has 0 radical (unpaired) electrons. The third kappa shape index (κ3) is 7.32. The zero-order chi connectivity index (χ0) is 9.23. The number of Topliss-reactive ketones (excluding diaryl/α,β-unsaturated/α-hetero) is 1. The van der Waals surface area contributed by atoms with Gasteiger partial charge in [-0.1, -0.05) is 26.2 Å². The first-order chi connectivity index (χ1) is 5.81. The van der Waals surface area contributed by atoms with Crippen LogP contribution in [-0.4, -0.2) is 10.9 Å². The summed E-state index contributed by atoms with van der Waals surface area (Å²) >= 11 is 0. The van der Waals surface area contributed by atoms with E-state index in [0.29, 0.717) is 12.8 Å². The van der Waals surface area contributed by atoms with Crippen LogP contribution in [0.15, 0.2) is 12.3 Å². The van der Waals surface area contributed by atoms with Gasteiger partial charge in [0.1, 0.15) is 5.78 Å². The zero-order valence-electron chi connectivity index (χ0n) is 7.75. The van der Waals surface area contributed by atoms with Crippen LogP contribution in [0.1, 0.15) is 45.4 Å². The van der Waals surface area contributed by atoms with Crippen molar-refractivity contribution < 1.29 is 9.90 Å². The van der Waals surface area contributed by atoms with Gasteiger partial charge in [-0.2, -0.15) is 0 Å². The summed E-state index contributed by atoms with van der Waals surface area (Å²) in [6, 6.07) is 0. The topological polar surface area (TPSA) is 37.3 Å². The Balaban J connectivity index is 3.20. The molecule has 12 heavy (non-hydrogen) atoms. The van der Waals surface area contributed by atoms with E-state index in [1.807, 2.05) is 0 Å². The Bertz CT molecular complexity index is 139. The first kappa shape index (κ1) is 11.2. The van der Waals surface area contributed by atoms with E-state index in [1.165, 1.54) is 18.9 Å². The van der Waals surface area contributed by atoms with Crippen LogP contribution in [-0.2, 0) is 4.79 Å². The monoisotopic (exact) mass is 170 g/mol. The highest BCUT2D eigenvalue weighted by atomic mass is 16.2. The molecule has 0 rings (SSSR count). The average Bonchev–Trinajstić information content (AvgIpc) is 2.09. The van der Waals surface area contributed by atoms with Gasteiger partial charge in [-0.05, 0) is 12.5 Å². The van der Waals surface area contributed by atoms with Gasteiger partial charge in [-0.15, -0.1) is 0 Å². The molecule has 2 nitrogen and oxygen atoms in total. The van der Waals surface area contributed by atoms with E-state index in [1.54, 1.807) is 0 Å². The minimum absolute atomic E-state index is 0.219. The van der Waals surface area contributed by atoms with E-state index in [9.17, 15) is 4.79 Å². The van der Waals surface area contributed by atoms with Gasteiger partial charge in [0.2, 0.25) is 0 Å². The van der Waals surface area contributed by atoms with E-state index in [-0.39, 0.29) is 5.78 Å². The molecule has 0 saturated heterocycles. The zero-order valence-corrected chi connectivity index (χ0v) is 7.75. The molecule has 2 heteroatoms. The molecule has 0 aliphatic rings. The molecule has 0 amide bonds. The maximum absolute atomic E-state index is 11.0. The molecule has 0 aromatic carbocycles. The fourth-order valence-corrected chi connectivity index (χ4v) is 1.04. The molecule has 0 aromatic rings. The Morgan fingerprint density at radius 3 is 2.67 bits per heavy atom. The minimum Gasteiger partial charge on any atom is -0.516 e. The SMILES string of the molecule is CCCCCCC(=O)CC=CO. The molecular weight excluding hydrogens is 152 g/mol. The maximum atomic E-state index is 11.0. The molecule has 0 unspecified atom stereocenters. The van der Waals surface area contributed by atoms with Gasteiger partial charge in [0.15, 0.2) is 0 Å². The predicted molar refractivity (Wildman–Crippen MR) is 50.2 cm³/mol. The van der Waals surface area contributed by atoms with Crippen molar-refractivity contribution in [1.29, 1.82) is 0 Å². The van der Waals surface area contributed by atoms with E-state index in [2.05, 4.69) is 6.92 Å². The van der Waals surface area contributed by atoms with Crippen molar-refractivity contribution in [3.8, 4) is 0 Å². The summed E-state index contributed by atoms with van der Waals surface area (Å²) < 4.78 is 0. The Kier molecular flexibility index (Phi) is 7.76. The van der Waals surface area contributed by atoms with Crippen molar-refractivity contribution in [2.45, 2.75) is 45.4 Å². The van der Waals surface area contributed by atoms with Gasteiger partial charge in [0.25, 0.3) is 0 Å². The lowest BCUT2D eigenvalue weighted by molar-refractivity contribution is -0.118. The fraction of sp³-hybridized carbons (Fsp3) is 0.700. The average molecular weight is 170 g/mol. The summed E-state index contributed by atoms with van der Waals surface area (Å²) in [5, 5.41) is 8.29. The number of carbonyl (C=O) groups is 1. The highest BCUT2D eigenvalue weighted by Crippen LogP contribution is 2.04. The molecule has 1 N–H and O–H groups in total. The third-order valence-electron chi connectivity index (χ3n) is 1.76. The van der Waals surface area contributed by atoms with Crippen molar-refractivity contribution in [3.63, 3.8) is 0 Å². The number of unbranched alkanes of at least 4 members (excludes halogenated alkanes) is 3. The highest BCUT2D eigenvalue weighted by molar-refractivity contribution is 5.79. The third-order valence-corrected chi connectivity index (χ3v) is 1.76. The standard InChI is InChI=1S/C10H18O2/c1-2-3-4-5-7-10(12)8-6-9-11/h6,9,11H,2-5,7-8H2,1H3. The molecule has 0 aliphatic heterocycles. The highest BCUT2D eigenvalue weighted by Gasteiger charge is 1.97. The molecular formula is C10H18O2. The summed E-state index contributed by atoms with van der Waals surface area (Å²) in [7, 11) is 0. The van der Waals surface area contributed by atoms with Gasteiger partial charge in [0, 0.05) is 12.8 Å². The van der Waals surface area contributed by atoms with Gasteiger partial charge in [-0.3, -0.25) is 4.79 Å². The van der Waals surface area contributed by atoms with E-state index in [0.717, 1.165) is 19.1 Å². The molecule has 0 aromatic heterocycles. The van der Waals surface area contributed by atoms with Crippen LogP contribution in [0, 0.1) is 0 Å². The molecule has 0 saturated carbocycles. The van der Waals surface area contributed by atoms with E-state index >= 15 is 0 Å². The van der Waals surface area contributed by atoms with Crippen molar-refractivity contribution in [1.82, 2.24) is 0 Å². The molecule has 0 atom stereocenters. The van der Waals surface area contributed by atoms with Crippen molar-refractivity contribution in [2.24, 2.45) is 0 Å². The minimum atomic E-state index is 0.219. The summed E-state index contributed by atoms with van der Waals surface area (Å²) in [5.41, 5.74) is 0. The predicted octanol–water partition coefficient (Wildman–Crippen LogP) is 2.99. The van der Waals surface area contributed by atoms with Crippen LogP contribution in [0.5, 0.6) is 0 Å². The lowest BCUT2D eigenvalue weighted by Gasteiger charge is -1.96. The van der Waals surface area contributed by atoms with Crippen LogP contribution in [0.2, 0.25) is 0 Å². The molecule has 0 fully saturated rings. The van der Waals surface area contributed by atoms with Crippen LogP contribution >= 0.6 is 0 Å². The number of rotatable bonds is 7. The van der Waals surface area contributed by atoms with Crippen LogP contribution in [0.25, 0.3) is 0 Å². The molecule has 0 spiro atoms. The van der Waals surface area contributed by atoms with Crippen LogP contribution in [0.4, 0.5) is 0 Å². The summed E-state index contributed by atoms with van der Waals surface area (Å²) in [6.07, 6.45) is 8.00. The second kappa shape index (κ2) is 8.31. The van der Waals surface area contributed by atoms with Crippen molar-refractivity contribution in [2.75, 3.05) is 0 Å². The number of carbonyl (C=O) groups excluding carboxylic acids is 1. The Hall–Kier alpha value is -0.790. The second-order valence-corrected chi connectivity index (χ2v) is 2.94. The normalized spacial score (nSPS) is 10.8.